The van der Waals surface area contributed by atoms with Crippen LogP contribution in [-0.2, 0) is 14.8 Å². The molecule has 3 aromatic carbocycles. The van der Waals surface area contributed by atoms with E-state index in [4.69, 9.17) is 21.1 Å². The number of amides is 2. The normalized spacial score (nSPS) is 10.8. The molecule has 11 heteroatoms. The number of carbonyl (C=O) groups excluding carboxylic acids is 2. The molecule has 0 aliphatic heterocycles. The van der Waals surface area contributed by atoms with Crippen molar-refractivity contribution in [3.63, 3.8) is 0 Å². The first-order valence-corrected chi connectivity index (χ1v) is 12.8. The molecule has 0 radical (unpaired) electrons. The Kier molecular flexibility index (Phi) is 9.15. The lowest BCUT2D eigenvalue weighted by Gasteiger charge is -2.25. The van der Waals surface area contributed by atoms with Gasteiger partial charge in [-0.3, -0.25) is 13.9 Å². The molecule has 2 N–H and O–H groups in total. The average molecular weight is 544 g/mol. The fraction of sp³-hybridized carbons (Fsp3) is 0.154. The largest absolute Gasteiger partial charge is 0.493 e. The van der Waals surface area contributed by atoms with Crippen LogP contribution in [0, 0.1) is 0 Å². The van der Waals surface area contributed by atoms with Crippen LogP contribution < -0.4 is 24.4 Å². The second kappa shape index (κ2) is 12.3. The van der Waals surface area contributed by atoms with Gasteiger partial charge in [0.25, 0.3) is 15.9 Å². The maximum atomic E-state index is 13.7. The zero-order valence-electron chi connectivity index (χ0n) is 20.2. The van der Waals surface area contributed by atoms with Crippen LogP contribution in [0.25, 0.3) is 0 Å². The van der Waals surface area contributed by atoms with Crippen LogP contribution in [0.2, 0.25) is 5.02 Å². The van der Waals surface area contributed by atoms with Crippen LogP contribution in [0.3, 0.4) is 0 Å². The summed E-state index contributed by atoms with van der Waals surface area (Å²) in [5.41, 5.74) is 0.665. The summed E-state index contributed by atoms with van der Waals surface area (Å²) in [4.78, 5) is 25.5. The van der Waals surface area contributed by atoms with Crippen LogP contribution in [0.1, 0.15) is 10.4 Å². The second-order valence-electron chi connectivity index (χ2n) is 7.60. The summed E-state index contributed by atoms with van der Waals surface area (Å²) >= 11 is 6.00. The molecular weight excluding hydrogens is 518 g/mol. The van der Waals surface area contributed by atoms with Gasteiger partial charge in [-0.1, -0.05) is 29.8 Å². The Morgan fingerprint density at radius 3 is 2.32 bits per heavy atom. The number of nitrogens with zero attached hydrogens (tertiary/aromatic N) is 1. The first-order chi connectivity index (χ1) is 17.7. The van der Waals surface area contributed by atoms with Crippen molar-refractivity contribution in [2.75, 3.05) is 36.9 Å². The van der Waals surface area contributed by atoms with Gasteiger partial charge in [-0.15, -0.1) is 6.58 Å². The molecule has 0 aliphatic carbocycles. The predicted molar refractivity (Wildman–Crippen MR) is 143 cm³/mol. The summed E-state index contributed by atoms with van der Waals surface area (Å²) in [6.45, 7) is 3.23. The molecule has 194 valence electrons. The minimum atomic E-state index is -4.25. The Balaban J connectivity index is 1.96. The van der Waals surface area contributed by atoms with E-state index < -0.39 is 28.4 Å². The van der Waals surface area contributed by atoms with E-state index in [1.54, 1.807) is 24.3 Å². The van der Waals surface area contributed by atoms with Crippen molar-refractivity contribution < 1.29 is 27.5 Å². The van der Waals surface area contributed by atoms with Crippen LogP contribution in [0.5, 0.6) is 11.5 Å². The van der Waals surface area contributed by atoms with Gasteiger partial charge in [-0.05, 0) is 48.5 Å². The summed E-state index contributed by atoms with van der Waals surface area (Å²) in [5.74, 6) is -0.515. The van der Waals surface area contributed by atoms with Gasteiger partial charge in [-0.2, -0.15) is 0 Å². The second-order valence-corrected chi connectivity index (χ2v) is 9.90. The van der Waals surface area contributed by atoms with Gasteiger partial charge in [0.15, 0.2) is 11.5 Å². The number of hydrogen-bond donors (Lipinski definition) is 2. The summed E-state index contributed by atoms with van der Waals surface area (Å²) < 4.78 is 38.8. The summed E-state index contributed by atoms with van der Waals surface area (Å²) in [6, 6.07) is 16.6. The SMILES string of the molecule is C=CCNC(=O)c1ccccc1NC(=O)CN(c1ccc(Cl)cc1)S(=O)(=O)c1ccc(OC)c(OC)c1. The van der Waals surface area contributed by atoms with E-state index in [-0.39, 0.29) is 34.1 Å². The number of nitrogens with one attached hydrogen (secondary N) is 2. The number of rotatable bonds is 11. The summed E-state index contributed by atoms with van der Waals surface area (Å²) in [6.07, 6.45) is 1.53. The summed E-state index contributed by atoms with van der Waals surface area (Å²) in [7, 11) is -1.42. The van der Waals surface area contributed by atoms with Crippen molar-refractivity contribution in [2.45, 2.75) is 4.90 Å². The first kappa shape index (κ1) is 27.6. The highest BCUT2D eigenvalue weighted by atomic mass is 35.5. The number of halogens is 1. The van der Waals surface area contributed by atoms with Crippen molar-refractivity contribution in [2.24, 2.45) is 0 Å². The van der Waals surface area contributed by atoms with Crippen LogP contribution in [0.4, 0.5) is 11.4 Å². The van der Waals surface area contributed by atoms with Crippen LogP contribution >= 0.6 is 11.6 Å². The van der Waals surface area contributed by atoms with Crippen molar-refractivity contribution in [3.8, 4) is 11.5 Å². The Morgan fingerprint density at radius 2 is 1.68 bits per heavy atom. The maximum Gasteiger partial charge on any atom is 0.264 e. The third-order valence-corrected chi connectivity index (χ3v) is 7.22. The molecule has 2 amide bonds. The molecule has 0 aromatic heterocycles. The fourth-order valence-corrected chi connectivity index (χ4v) is 4.96. The number of hydrogen-bond acceptors (Lipinski definition) is 6. The number of para-hydroxylation sites is 1. The number of anilines is 2. The van der Waals surface area contributed by atoms with Gasteiger partial charge in [0.2, 0.25) is 5.91 Å². The minimum absolute atomic E-state index is 0.114. The smallest absolute Gasteiger partial charge is 0.264 e. The highest BCUT2D eigenvalue weighted by Crippen LogP contribution is 2.32. The van der Waals surface area contributed by atoms with Crippen molar-refractivity contribution in [1.82, 2.24) is 5.32 Å². The van der Waals surface area contributed by atoms with E-state index >= 15 is 0 Å². The van der Waals surface area contributed by atoms with E-state index in [1.807, 2.05) is 0 Å². The van der Waals surface area contributed by atoms with Crippen LogP contribution in [0.15, 0.2) is 84.3 Å². The molecule has 0 fully saturated rings. The molecule has 0 saturated heterocycles. The third-order valence-electron chi connectivity index (χ3n) is 5.20. The van der Waals surface area contributed by atoms with Crippen molar-refractivity contribution >= 4 is 44.8 Å². The Labute approximate surface area is 220 Å². The van der Waals surface area contributed by atoms with E-state index in [1.165, 1.54) is 62.8 Å². The number of carbonyl (C=O) groups is 2. The molecule has 0 bridgehead atoms. The zero-order chi connectivity index (χ0) is 27.0. The quantitative estimate of drug-likeness (QED) is 0.352. The molecule has 0 saturated carbocycles. The molecule has 3 aromatic rings. The Hall–Kier alpha value is -4.02. The lowest BCUT2D eigenvalue weighted by molar-refractivity contribution is -0.114. The molecule has 0 spiro atoms. The highest BCUT2D eigenvalue weighted by molar-refractivity contribution is 7.92. The van der Waals surface area contributed by atoms with Crippen LogP contribution in [-0.4, -0.2) is 47.5 Å². The molecule has 0 aliphatic rings. The van der Waals surface area contributed by atoms with Crippen molar-refractivity contribution in [3.05, 3.63) is 90.0 Å². The van der Waals surface area contributed by atoms with Gasteiger partial charge < -0.3 is 20.1 Å². The van der Waals surface area contributed by atoms with Gasteiger partial charge in [0.05, 0.1) is 36.1 Å². The highest BCUT2D eigenvalue weighted by Gasteiger charge is 2.29. The molecule has 0 unspecified atom stereocenters. The average Bonchev–Trinajstić information content (AvgIpc) is 2.90. The number of ether oxygens (including phenoxy) is 2. The Bertz CT molecular complexity index is 1390. The number of benzene rings is 3. The first-order valence-electron chi connectivity index (χ1n) is 11.0. The van der Waals surface area contributed by atoms with E-state index in [0.717, 1.165) is 4.31 Å². The lowest BCUT2D eigenvalue weighted by Crippen LogP contribution is -2.38. The monoisotopic (exact) mass is 543 g/mol. The third kappa shape index (κ3) is 6.60. The predicted octanol–water partition coefficient (Wildman–Crippen LogP) is 4.11. The van der Waals surface area contributed by atoms with Gasteiger partial charge in [-0.25, -0.2) is 8.42 Å². The van der Waals surface area contributed by atoms with E-state index in [9.17, 15) is 18.0 Å². The van der Waals surface area contributed by atoms with E-state index in [0.29, 0.717) is 10.8 Å². The minimum Gasteiger partial charge on any atom is -0.493 e. The zero-order valence-corrected chi connectivity index (χ0v) is 21.8. The van der Waals surface area contributed by atoms with Gasteiger partial charge in [0, 0.05) is 17.6 Å². The maximum absolute atomic E-state index is 13.7. The molecule has 9 nitrogen and oxygen atoms in total. The molecule has 0 heterocycles. The Morgan fingerprint density at radius 1 is 1.00 bits per heavy atom. The number of sulfonamides is 1. The lowest BCUT2D eigenvalue weighted by atomic mass is 10.1. The molecule has 0 atom stereocenters. The fourth-order valence-electron chi connectivity index (χ4n) is 3.40. The summed E-state index contributed by atoms with van der Waals surface area (Å²) in [5, 5.41) is 5.69. The standard InChI is InChI=1S/C26H26ClN3O6S/c1-4-15-28-26(32)21-7-5-6-8-22(21)29-25(31)17-30(19-11-9-18(27)10-12-19)37(33,34)20-13-14-23(35-2)24(16-20)36-3/h4-14,16H,1,15,17H2,2-3H3,(H,28,32)(H,29,31). The topological polar surface area (TPSA) is 114 Å². The number of methoxy groups -OCH3 is 2. The van der Waals surface area contributed by atoms with Crippen molar-refractivity contribution in [1.29, 1.82) is 0 Å². The van der Waals surface area contributed by atoms with E-state index in [2.05, 4.69) is 17.2 Å². The molecule has 37 heavy (non-hydrogen) atoms. The van der Waals surface area contributed by atoms with Gasteiger partial charge in [0.1, 0.15) is 6.54 Å². The molecular formula is C26H26ClN3O6S. The molecule has 3 rings (SSSR count). The van der Waals surface area contributed by atoms with Gasteiger partial charge >= 0.3 is 0 Å².